The summed E-state index contributed by atoms with van der Waals surface area (Å²) < 4.78 is 10.4. The van der Waals surface area contributed by atoms with Gasteiger partial charge in [-0.15, -0.1) is 0 Å². The molecule has 0 spiro atoms. The molecule has 2 aromatic carbocycles. The summed E-state index contributed by atoms with van der Waals surface area (Å²) >= 11 is 5.19. The molecule has 1 amide bonds. The highest BCUT2D eigenvalue weighted by molar-refractivity contribution is 7.80. The minimum absolute atomic E-state index is 0.165. The lowest BCUT2D eigenvalue weighted by atomic mass is 10.1. The van der Waals surface area contributed by atoms with Crippen LogP contribution in [0.15, 0.2) is 42.5 Å². The summed E-state index contributed by atoms with van der Waals surface area (Å²) in [6, 6.07) is 13.1. The molecule has 2 aromatic rings. The first-order valence-electron chi connectivity index (χ1n) is 7.41. The summed E-state index contributed by atoms with van der Waals surface area (Å²) in [4.78, 5) is 12.1. The molecule has 0 atom stereocenters. The van der Waals surface area contributed by atoms with Gasteiger partial charge in [0.2, 0.25) is 5.91 Å². The molecule has 0 aromatic heterocycles. The van der Waals surface area contributed by atoms with Crippen molar-refractivity contribution in [2.24, 2.45) is 0 Å². The van der Waals surface area contributed by atoms with Gasteiger partial charge in [0.1, 0.15) is 0 Å². The molecule has 0 radical (unpaired) electrons. The number of benzene rings is 2. The number of rotatable bonds is 5. The summed E-state index contributed by atoms with van der Waals surface area (Å²) in [5, 5.41) is 5.88. The second-order valence-electron chi connectivity index (χ2n) is 5.18. The number of thiocarbonyl (C=S) groups is 1. The average molecular weight is 344 g/mol. The van der Waals surface area contributed by atoms with Crippen molar-refractivity contribution in [1.29, 1.82) is 0 Å². The third-order valence-corrected chi connectivity index (χ3v) is 3.71. The molecule has 2 rings (SSSR count). The van der Waals surface area contributed by atoms with E-state index in [1.54, 1.807) is 32.4 Å². The third kappa shape index (κ3) is 4.70. The van der Waals surface area contributed by atoms with Gasteiger partial charge >= 0.3 is 0 Å². The number of amides is 1. The first kappa shape index (κ1) is 17.7. The van der Waals surface area contributed by atoms with E-state index in [0.717, 1.165) is 11.1 Å². The number of carbonyl (C=O) groups is 1. The van der Waals surface area contributed by atoms with Crippen molar-refractivity contribution in [3.05, 3.63) is 53.6 Å². The Hall–Kier alpha value is -2.60. The van der Waals surface area contributed by atoms with Gasteiger partial charge in [0.25, 0.3) is 0 Å². The fourth-order valence-electron chi connectivity index (χ4n) is 2.23. The number of carbonyl (C=O) groups excluding carboxylic acids is 1. The number of anilines is 1. The van der Waals surface area contributed by atoms with Crippen LogP contribution in [0.4, 0.5) is 5.69 Å². The monoisotopic (exact) mass is 344 g/mol. The van der Waals surface area contributed by atoms with E-state index in [4.69, 9.17) is 21.7 Å². The van der Waals surface area contributed by atoms with Crippen LogP contribution in [0, 0.1) is 6.92 Å². The van der Waals surface area contributed by atoms with Crippen molar-refractivity contribution in [2.45, 2.75) is 13.3 Å². The van der Waals surface area contributed by atoms with Crippen LogP contribution in [-0.2, 0) is 11.2 Å². The molecule has 0 fully saturated rings. The maximum atomic E-state index is 12.1. The molecular formula is C18H20N2O3S. The largest absolute Gasteiger partial charge is 0.493 e. The fraction of sp³-hybridized carbons (Fsp3) is 0.222. The summed E-state index contributed by atoms with van der Waals surface area (Å²) in [5.41, 5.74) is 2.75. The Kier molecular flexibility index (Phi) is 6.14. The van der Waals surface area contributed by atoms with Gasteiger partial charge in [-0.2, -0.15) is 0 Å². The molecule has 0 aliphatic rings. The Morgan fingerprint density at radius 3 is 2.46 bits per heavy atom. The van der Waals surface area contributed by atoms with Gasteiger partial charge in [0.15, 0.2) is 16.6 Å². The van der Waals surface area contributed by atoms with Crippen LogP contribution in [0.2, 0.25) is 0 Å². The Morgan fingerprint density at radius 1 is 1.08 bits per heavy atom. The fourth-order valence-corrected chi connectivity index (χ4v) is 2.46. The van der Waals surface area contributed by atoms with Crippen molar-refractivity contribution in [3.63, 3.8) is 0 Å². The standard InChI is InChI=1S/C18H20N2O3S/c1-12-6-4-5-7-13(12)10-17(21)20-18(24)19-14-8-9-15(22-2)16(11-14)23-3/h4-9,11H,10H2,1-3H3,(H2,19,20,21,24). The van der Waals surface area contributed by atoms with Crippen molar-refractivity contribution < 1.29 is 14.3 Å². The Balaban J connectivity index is 1.95. The van der Waals surface area contributed by atoms with Crippen LogP contribution in [0.25, 0.3) is 0 Å². The number of hydrogen-bond acceptors (Lipinski definition) is 4. The molecule has 0 aliphatic heterocycles. The molecule has 0 heterocycles. The number of ether oxygens (including phenoxy) is 2. The highest BCUT2D eigenvalue weighted by Crippen LogP contribution is 2.29. The lowest BCUT2D eigenvalue weighted by molar-refractivity contribution is -0.119. The van der Waals surface area contributed by atoms with Crippen LogP contribution in [0.3, 0.4) is 0 Å². The second-order valence-corrected chi connectivity index (χ2v) is 5.58. The van der Waals surface area contributed by atoms with E-state index in [1.165, 1.54) is 0 Å². The number of hydrogen-bond donors (Lipinski definition) is 2. The van der Waals surface area contributed by atoms with Crippen LogP contribution in [0.5, 0.6) is 11.5 Å². The van der Waals surface area contributed by atoms with Gasteiger partial charge in [0, 0.05) is 11.8 Å². The Morgan fingerprint density at radius 2 is 1.79 bits per heavy atom. The minimum atomic E-state index is -0.165. The van der Waals surface area contributed by atoms with E-state index < -0.39 is 0 Å². The molecular weight excluding hydrogens is 324 g/mol. The van der Waals surface area contributed by atoms with E-state index in [9.17, 15) is 4.79 Å². The maximum absolute atomic E-state index is 12.1. The third-order valence-electron chi connectivity index (χ3n) is 3.51. The summed E-state index contributed by atoms with van der Waals surface area (Å²) in [7, 11) is 3.13. The van der Waals surface area contributed by atoms with Gasteiger partial charge in [-0.05, 0) is 42.4 Å². The minimum Gasteiger partial charge on any atom is -0.493 e. The first-order valence-corrected chi connectivity index (χ1v) is 7.81. The van der Waals surface area contributed by atoms with Gasteiger partial charge in [-0.1, -0.05) is 24.3 Å². The molecule has 2 N–H and O–H groups in total. The van der Waals surface area contributed by atoms with Gasteiger partial charge < -0.3 is 20.1 Å². The summed E-state index contributed by atoms with van der Waals surface area (Å²) in [5.74, 6) is 1.04. The molecule has 0 saturated carbocycles. The molecule has 126 valence electrons. The molecule has 5 nitrogen and oxygen atoms in total. The summed E-state index contributed by atoms with van der Waals surface area (Å²) in [6.07, 6.45) is 0.278. The van der Waals surface area contributed by atoms with E-state index in [2.05, 4.69) is 10.6 Å². The smallest absolute Gasteiger partial charge is 0.230 e. The van der Waals surface area contributed by atoms with E-state index in [1.807, 2.05) is 31.2 Å². The van der Waals surface area contributed by atoms with Crippen molar-refractivity contribution in [1.82, 2.24) is 5.32 Å². The highest BCUT2D eigenvalue weighted by atomic mass is 32.1. The summed E-state index contributed by atoms with van der Waals surface area (Å²) in [6.45, 7) is 1.98. The predicted molar refractivity (Wildman–Crippen MR) is 98.8 cm³/mol. The molecule has 6 heteroatoms. The quantitative estimate of drug-likeness (QED) is 0.817. The van der Waals surface area contributed by atoms with Crippen molar-refractivity contribution in [2.75, 3.05) is 19.5 Å². The Bertz CT molecular complexity index is 747. The zero-order valence-corrected chi connectivity index (χ0v) is 14.7. The zero-order valence-electron chi connectivity index (χ0n) is 13.9. The SMILES string of the molecule is COc1ccc(NC(=S)NC(=O)Cc2ccccc2C)cc1OC. The van der Waals surface area contributed by atoms with E-state index >= 15 is 0 Å². The van der Waals surface area contributed by atoms with Crippen molar-refractivity contribution >= 4 is 28.9 Å². The van der Waals surface area contributed by atoms with Crippen LogP contribution >= 0.6 is 12.2 Å². The van der Waals surface area contributed by atoms with Gasteiger partial charge in [-0.3, -0.25) is 4.79 Å². The predicted octanol–water partition coefficient (Wildman–Crippen LogP) is 3.07. The molecule has 24 heavy (non-hydrogen) atoms. The number of methoxy groups -OCH3 is 2. The van der Waals surface area contributed by atoms with Crippen LogP contribution in [-0.4, -0.2) is 25.2 Å². The zero-order chi connectivity index (χ0) is 17.5. The Labute approximate surface area is 147 Å². The average Bonchev–Trinajstić information content (AvgIpc) is 2.56. The van der Waals surface area contributed by atoms with Crippen molar-refractivity contribution in [3.8, 4) is 11.5 Å². The lowest BCUT2D eigenvalue weighted by Gasteiger charge is -2.13. The van der Waals surface area contributed by atoms with E-state index in [0.29, 0.717) is 17.2 Å². The molecule has 0 aliphatic carbocycles. The molecule has 0 bridgehead atoms. The highest BCUT2D eigenvalue weighted by Gasteiger charge is 2.09. The second kappa shape index (κ2) is 8.31. The van der Waals surface area contributed by atoms with Gasteiger partial charge in [0.05, 0.1) is 20.6 Å². The first-order chi connectivity index (χ1) is 11.5. The molecule has 0 unspecified atom stereocenters. The normalized spacial score (nSPS) is 9.96. The van der Waals surface area contributed by atoms with Crippen LogP contribution < -0.4 is 20.1 Å². The van der Waals surface area contributed by atoms with E-state index in [-0.39, 0.29) is 17.4 Å². The van der Waals surface area contributed by atoms with Crippen LogP contribution in [0.1, 0.15) is 11.1 Å². The number of aryl methyl sites for hydroxylation is 1. The molecule has 0 saturated heterocycles. The lowest BCUT2D eigenvalue weighted by Crippen LogP contribution is -2.35. The van der Waals surface area contributed by atoms with Gasteiger partial charge in [-0.25, -0.2) is 0 Å². The topological polar surface area (TPSA) is 59.6 Å². The maximum Gasteiger partial charge on any atom is 0.230 e. The number of nitrogens with one attached hydrogen (secondary N) is 2.